The molecular formula is C23H28BrN3O. The maximum absolute atomic E-state index is 12.9. The van der Waals surface area contributed by atoms with Gasteiger partial charge in [0.25, 0.3) is 0 Å². The predicted molar refractivity (Wildman–Crippen MR) is 114 cm³/mol. The molecule has 5 heteroatoms. The standard InChI is InChI=1S/C23H28BrN3O/c1-15-2-4-16(5-3-15)13-27-14-20(24)22(26-27)25-21(28)12-23-9-17-6-18(10-23)8-19(7-17)11-23/h2-5,14,17-19H,6-13H2,1H3,(H,25,26,28). The number of halogens is 1. The highest BCUT2D eigenvalue weighted by Crippen LogP contribution is 2.61. The largest absolute Gasteiger partial charge is 0.308 e. The van der Waals surface area contributed by atoms with Crippen molar-refractivity contribution in [2.75, 3.05) is 5.32 Å². The minimum atomic E-state index is 0.128. The quantitative estimate of drug-likeness (QED) is 0.660. The molecule has 0 unspecified atom stereocenters. The second-order valence-electron chi connectivity index (χ2n) is 9.65. The summed E-state index contributed by atoms with van der Waals surface area (Å²) in [6, 6.07) is 8.47. The third kappa shape index (κ3) is 3.66. The van der Waals surface area contributed by atoms with E-state index in [9.17, 15) is 4.79 Å². The Morgan fingerprint density at radius 1 is 1.14 bits per heavy atom. The van der Waals surface area contributed by atoms with Crippen molar-refractivity contribution in [3.63, 3.8) is 0 Å². The summed E-state index contributed by atoms with van der Waals surface area (Å²) in [4.78, 5) is 12.9. The van der Waals surface area contributed by atoms with E-state index in [1.54, 1.807) is 0 Å². The van der Waals surface area contributed by atoms with Gasteiger partial charge in [0.2, 0.25) is 5.91 Å². The highest BCUT2D eigenvalue weighted by molar-refractivity contribution is 9.10. The Hall–Kier alpha value is -1.62. The SMILES string of the molecule is Cc1ccc(Cn2cc(Br)c(NC(=O)CC34CC5CC(CC(C5)C3)C4)n2)cc1. The van der Waals surface area contributed by atoms with Crippen LogP contribution < -0.4 is 5.32 Å². The van der Waals surface area contributed by atoms with Crippen LogP contribution in [0, 0.1) is 30.1 Å². The lowest BCUT2D eigenvalue weighted by Crippen LogP contribution is -2.47. The van der Waals surface area contributed by atoms with Crippen LogP contribution in [0.25, 0.3) is 0 Å². The highest BCUT2D eigenvalue weighted by Gasteiger charge is 2.51. The molecule has 4 aliphatic rings. The third-order valence-electron chi connectivity index (χ3n) is 7.14. The van der Waals surface area contributed by atoms with Crippen LogP contribution in [0.1, 0.15) is 56.1 Å². The van der Waals surface area contributed by atoms with Gasteiger partial charge in [-0.1, -0.05) is 29.8 Å². The Labute approximate surface area is 175 Å². The molecule has 0 atom stereocenters. The number of benzene rings is 1. The number of aryl methyl sites for hydroxylation is 1. The molecular weight excluding hydrogens is 414 g/mol. The fraction of sp³-hybridized carbons (Fsp3) is 0.565. The van der Waals surface area contributed by atoms with E-state index in [1.165, 1.54) is 49.7 Å². The minimum Gasteiger partial charge on any atom is -0.308 e. The molecule has 2 aromatic rings. The second kappa shape index (κ2) is 7.01. The summed E-state index contributed by atoms with van der Waals surface area (Å²) in [5.41, 5.74) is 2.71. The number of aromatic nitrogens is 2. The fourth-order valence-electron chi connectivity index (χ4n) is 6.47. The molecule has 4 fully saturated rings. The van der Waals surface area contributed by atoms with Crippen molar-refractivity contribution in [2.24, 2.45) is 23.2 Å². The Balaban J connectivity index is 1.24. The maximum atomic E-state index is 12.9. The molecule has 1 heterocycles. The van der Waals surface area contributed by atoms with Crippen molar-refractivity contribution in [1.82, 2.24) is 9.78 Å². The Morgan fingerprint density at radius 3 is 2.36 bits per heavy atom. The summed E-state index contributed by atoms with van der Waals surface area (Å²) in [5.74, 6) is 3.39. The van der Waals surface area contributed by atoms with Crippen molar-refractivity contribution in [1.29, 1.82) is 0 Å². The summed E-state index contributed by atoms with van der Waals surface area (Å²) in [5, 5.41) is 7.68. The molecule has 4 saturated carbocycles. The van der Waals surface area contributed by atoms with Gasteiger partial charge in [-0.05, 0) is 90.1 Å². The topological polar surface area (TPSA) is 46.9 Å². The molecule has 1 aromatic carbocycles. The summed E-state index contributed by atoms with van der Waals surface area (Å²) < 4.78 is 2.73. The molecule has 1 N–H and O–H groups in total. The first-order chi connectivity index (χ1) is 13.5. The number of nitrogens with one attached hydrogen (secondary N) is 1. The first-order valence-electron chi connectivity index (χ1n) is 10.5. The van der Waals surface area contributed by atoms with E-state index >= 15 is 0 Å². The molecule has 0 saturated heterocycles. The monoisotopic (exact) mass is 441 g/mol. The molecule has 28 heavy (non-hydrogen) atoms. The van der Waals surface area contributed by atoms with Gasteiger partial charge in [0.05, 0.1) is 11.0 Å². The lowest BCUT2D eigenvalue weighted by atomic mass is 9.49. The number of anilines is 1. The van der Waals surface area contributed by atoms with E-state index in [4.69, 9.17) is 0 Å². The highest BCUT2D eigenvalue weighted by atomic mass is 79.9. The zero-order chi connectivity index (χ0) is 19.3. The average Bonchev–Trinajstić information content (AvgIpc) is 2.94. The molecule has 0 radical (unpaired) electrons. The van der Waals surface area contributed by atoms with Crippen LogP contribution in [0.3, 0.4) is 0 Å². The van der Waals surface area contributed by atoms with Crippen LogP contribution in [-0.4, -0.2) is 15.7 Å². The van der Waals surface area contributed by atoms with Gasteiger partial charge in [-0.25, -0.2) is 0 Å². The number of amides is 1. The van der Waals surface area contributed by atoms with Gasteiger partial charge < -0.3 is 5.32 Å². The van der Waals surface area contributed by atoms with E-state index in [1.807, 2.05) is 10.9 Å². The van der Waals surface area contributed by atoms with Crippen LogP contribution in [0.15, 0.2) is 34.9 Å². The molecule has 4 nitrogen and oxygen atoms in total. The van der Waals surface area contributed by atoms with E-state index in [2.05, 4.69) is 57.5 Å². The number of hydrogen-bond donors (Lipinski definition) is 1. The Bertz CT molecular complexity index is 850. The van der Waals surface area contributed by atoms with Gasteiger partial charge in [0.1, 0.15) is 0 Å². The minimum absolute atomic E-state index is 0.128. The van der Waals surface area contributed by atoms with Crippen LogP contribution >= 0.6 is 15.9 Å². The smallest absolute Gasteiger partial charge is 0.226 e. The molecule has 1 amide bonds. The molecule has 0 aliphatic heterocycles. The third-order valence-corrected chi connectivity index (χ3v) is 7.72. The van der Waals surface area contributed by atoms with Gasteiger partial charge in [-0.15, -0.1) is 0 Å². The number of nitrogens with zero attached hydrogens (tertiary/aromatic N) is 2. The predicted octanol–water partition coefficient (Wildman–Crippen LogP) is 5.55. The molecule has 6 rings (SSSR count). The maximum Gasteiger partial charge on any atom is 0.226 e. The van der Waals surface area contributed by atoms with Gasteiger partial charge in [-0.2, -0.15) is 5.10 Å². The van der Waals surface area contributed by atoms with E-state index in [-0.39, 0.29) is 11.3 Å². The molecule has 1 aromatic heterocycles. The van der Waals surface area contributed by atoms with Crippen LogP contribution in [-0.2, 0) is 11.3 Å². The van der Waals surface area contributed by atoms with Crippen molar-refractivity contribution in [3.8, 4) is 0 Å². The zero-order valence-electron chi connectivity index (χ0n) is 16.5. The first-order valence-corrected chi connectivity index (χ1v) is 11.3. The summed E-state index contributed by atoms with van der Waals surface area (Å²) in [7, 11) is 0. The summed E-state index contributed by atoms with van der Waals surface area (Å²) in [6.45, 7) is 2.79. The molecule has 4 aliphatic carbocycles. The van der Waals surface area contributed by atoms with E-state index < -0.39 is 0 Å². The normalized spacial score (nSPS) is 30.6. The summed E-state index contributed by atoms with van der Waals surface area (Å²) in [6.07, 6.45) is 10.6. The molecule has 4 bridgehead atoms. The van der Waals surface area contributed by atoms with Crippen molar-refractivity contribution in [2.45, 2.75) is 58.4 Å². The lowest BCUT2D eigenvalue weighted by molar-refractivity contribution is -0.124. The average molecular weight is 442 g/mol. The number of hydrogen-bond acceptors (Lipinski definition) is 2. The second-order valence-corrected chi connectivity index (χ2v) is 10.5. The van der Waals surface area contributed by atoms with Crippen molar-refractivity contribution in [3.05, 3.63) is 46.1 Å². The van der Waals surface area contributed by atoms with Crippen LogP contribution in [0.4, 0.5) is 5.82 Å². The Kier molecular flexibility index (Phi) is 4.61. The number of rotatable bonds is 5. The zero-order valence-corrected chi connectivity index (χ0v) is 18.0. The Morgan fingerprint density at radius 2 is 1.75 bits per heavy atom. The lowest BCUT2D eigenvalue weighted by Gasteiger charge is -2.56. The van der Waals surface area contributed by atoms with Crippen LogP contribution in [0.5, 0.6) is 0 Å². The van der Waals surface area contributed by atoms with Gasteiger partial charge in [0, 0.05) is 12.6 Å². The van der Waals surface area contributed by atoms with Gasteiger partial charge in [-0.3, -0.25) is 9.48 Å². The van der Waals surface area contributed by atoms with E-state index in [0.717, 1.165) is 22.2 Å². The van der Waals surface area contributed by atoms with Gasteiger partial charge in [0.15, 0.2) is 5.82 Å². The van der Waals surface area contributed by atoms with E-state index in [0.29, 0.717) is 18.8 Å². The fourth-order valence-corrected chi connectivity index (χ4v) is 6.88. The van der Waals surface area contributed by atoms with Crippen LogP contribution in [0.2, 0.25) is 0 Å². The van der Waals surface area contributed by atoms with Crippen molar-refractivity contribution < 1.29 is 4.79 Å². The van der Waals surface area contributed by atoms with Crippen molar-refractivity contribution >= 4 is 27.7 Å². The first kappa shape index (κ1) is 18.4. The number of carbonyl (C=O) groups excluding carboxylic acids is 1. The number of carbonyl (C=O) groups is 1. The van der Waals surface area contributed by atoms with Gasteiger partial charge >= 0.3 is 0 Å². The summed E-state index contributed by atoms with van der Waals surface area (Å²) >= 11 is 3.57. The molecule has 0 spiro atoms. The molecule has 148 valence electrons.